The maximum atomic E-state index is 12.1. The van der Waals surface area contributed by atoms with E-state index in [0.29, 0.717) is 13.2 Å². The van der Waals surface area contributed by atoms with E-state index in [4.69, 9.17) is 9.84 Å². The Kier molecular flexibility index (Phi) is 7.72. The zero-order chi connectivity index (χ0) is 17.2. The van der Waals surface area contributed by atoms with Crippen LogP contribution in [0.25, 0.3) is 0 Å². The van der Waals surface area contributed by atoms with Gasteiger partial charge in [-0.3, -0.25) is 14.4 Å². The Balaban J connectivity index is 2.71. The molecule has 0 bridgehead atoms. The predicted octanol–water partition coefficient (Wildman–Crippen LogP) is -0.502. The summed E-state index contributed by atoms with van der Waals surface area (Å²) in [6.07, 6.45) is -0.759. The van der Waals surface area contributed by atoms with E-state index in [-0.39, 0.29) is 23.7 Å². The number of anilines is 1. The minimum Gasteiger partial charge on any atom is -0.392 e. The van der Waals surface area contributed by atoms with Crippen molar-refractivity contribution in [1.29, 1.82) is 0 Å². The van der Waals surface area contributed by atoms with Gasteiger partial charge in [0.25, 0.3) is 5.91 Å². The highest BCUT2D eigenvalue weighted by Crippen LogP contribution is 2.14. The summed E-state index contributed by atoms with van der Waals surface area (Å²) in [4.78, 5) is 35.5. The lowest BCUT2D eigenvalue weighted by atomic mass is 10.1. The lowest BCUT2D eigenvalue weighted by molar-refractivity contribution is -0.136. The van der Waals surface area contributed by atoms with E-state index in [0.717, 1.165) is 0 Å². The average Bonchev–Trinajstić information content (AvgIpc) is 2.53. The van der Waals surface area contributed by atoms with Gasteiger partial charge in [-0.15, -0.1) is 0 Å². The van der Waals surface area contributed by atoms with Gasteiger partial charge in [0.2, 0.25) is 0 Å². The molecule has 0 spiro atoms. The number of carbonyl (C=O) groups excluding carboxylic acids is 3. The topological polar surface area (TPSA) is 117 Å². The van der Waals surface area contributed by atoms with E-state index in [9.17, 15) is 14.4 Å². The van der Waals surface area contributed by atoms with Crippen LogP contribution < -0.4 is 16.0 Å². The summed E-state index contributed by atoms with van der Waals surface area (Å²) in [5.41, 5.74) is 0.458. The third kappa shape index (κ3) is 6.45. The Morgan fingerprint density at radius 1 is 1.17 bits per heavy atom. The molecule has 8 heteroatoms. The number of para-hydroxylation sites is 1. The van der Waals surface area contributed by atoms with Crippen LogP contribution in [-0.4, -0.2) is 55.7 Å². The fourth-order valence-electron chi connectivity index (χ4n) is 1.65. The molecule has 0 heterocycles. The maximum absolute atomic E-state index is 12.1. The number of methoxy groups -OCH3 is 1. The highest BCUT2D eigenvalue weighted by Gasteiger charge is 2.17. The molecule has 0 aromatic heterocycles. The smallest absolute Gasteiger partial charge is 0.313 e. The summed E-state index contributed by atoms with van der Waals surface area (Å²) in [7, 11) is 1.52. The average molecular weight is 323 g/mol. The van der Waals surface area contributed by atoms with Gasteiger partial charge in [-0.1, -0.05) is 12.1 Å². The second-order valence-electron chi connectivity index (χ2n) is 4.81. The maximum Gasteiger partial charge on any atom is 0.313 e. The molecule has 8 nitrogen and oxygen atoms in total. The molecule has 0 aliphatic carbocycles. The first-order chi connectivity index (χ1) is 11.0. The minimum absolute atomic E-state index is 0.0363. The third-order valence-corrected chi connectivity index (χ3v) is 2.78. The van der Waals surface area contributed by atoms with Crippen molar-refractivity contribution in [1.82, 2.24) is 10.6 Å². The molecule has 0 radical (unpaired) electrons. The number of hydrogen-bond acceptors (Lipinski definition) is 5. The molecule has 1 atom stereocenters. The summed E-state index contributed by atoms with van der Waals surface area (Å²) in [5.74, 6) is -2.19. The number of aliphatic hydroxyl groups is 1. The third-order valence-electron chi connectivity index (χ3n) is 2.78. The van der Waals surface area contributed by atoms with E-state index in [1.54, 1.807) is 12.1 Å². The summed E-state index contributed by atoms with van der Waals surface area (Å²) in [6.45, 7) is 2.14. The summed E-state index contributed by atoms with van der Waals surface area (Å²) < 4.78 is 4.84. The lowest BCUT2D eigenvalue weighted by Gasteiger charge is -2.11. The van der Waals surface area contributed by atoms with Crippen LogP contribution in [0.3, 0.4) is 0 Å². The Hall–Kier alpha value is -2.45. The molecule has 4 N–H and O–H groups in total. The van der Waals surface area contributed by atoms with Crippen molar-refractivity contribution in [2.75, 3.05) is 32.1 Å². The van der Waals surface area contributed by atoms with E-state index < -0.39 is 17.9 Å². The van der Waals surface area contributed by atoms with E-state index >= 15 is 0 Å². The van der Waals surface area contributed by atoms with Gasteiger partial charge in [0.15, 0.2) is 0 Å². The van der Waals surface area contributed by atoms with Gasteiger partial charge < -0.3 is 25.8 Å². The summed E-state index contributed by atoms with van der Waals surface area (Å²) >= 11 is 0. The Morgan fingerprint density at radius 2 is 1.87 bits per heavy atom. The second-order valence-corrected chi connectivity index (χ2v) is 4.81. The molecule has 0 aliphatic heterocycles. The molecular formula is C15H21N3O5. The van der Waals surface area contributed by atoms with Gasteiger partial charge in [-0.05, 0) is 19.1 Å². The second kappa shape index (κ2) is 9.54. The molecule has 1 aromatic carbocycles. The molecule has 1 unspecified atom stereocenters. The van der Waals surface area contributed by atoms with Crippen molar-refractivity contribution in [3.63, 3.8) is 0 Å². The zero-order valence-corrected chi connectivity index (χ0v) is 13.1. The van der Waals surface area contributed by atoms with Crippen LogP contribution in [0.15, 0.2) is 24.3 Å². The van der Waals surface area contributed by atoms with Gasteiger partial charge >= 0.3 is 11.8 Å². The van der Waals surface area contributed by atoms with E-state index in [1.807, 2.05) is 0 Å². The van der Waals surface area contributed by atoms with Gasteiger partial charge in [0, 0.05) is 20.2 Å². The Morgan fingerprint density at radius 3 is 2.52 bits per heavy atom. The van der Waals surface area contributed by atoms with Crippen LogP contribution in [-0.2, 0) is 14.3 Å². The normalized spacial score (nSPS) is 11.4. The Labute approximate surface area is 134 Å². The van der Waals surface area contributed by atoms with Gasteiger partial charge in [-0.25, -0.2) is 0 Å². The van der Waals surface area contributed by atoms with Gasteiger partial charge in [0.1, 0.15) is 0 Å². The molecule has 0 saturated heterocycles. The van der Waals surface area contributed by atoms with Crippen molar-refractivity contribution in [2.45, 2.75) is 13.0 Å². The molecule has 23 heavy (non-hydrogen) atoms. The van der Waals surface area contributed by atoms with Crippen LogP contribution >= 0.6 is 0 Å². The molecule has 0 aliphatic rings. The molecule has 1 aromatic rings. The molecule has 3 amide bonds. The number of benzene rings is 1. The van der Waals surface area contributed by atoms with Crippen LogP contribution in [0.5, 0.6) is 0 Å². The molecular weight excluding hydrogens is 302 g/mol. The molecule has 0 fully saturated rings. The number of aliphatic hydroxyl groups excluding tert-OH is 1. The lowest BCUT2D eigenvalue weighted by Crippen LogP contribution is -2.39. The number of carbonyl (C=O) groups is 3. The predicted molar refractivity (Wildman–Crippen MR) is 84.0 cm³/mol. The van der Waals surface area contributed by atoms with Crippen molar-refractivity contribution in [3.05, 3.63) is 29.8 Å². The monoisotopic (exact) mass is 323 g/mol. The standard InChI is InChI=1S/C15H21N3O5/c1-10(19)9-17-14(21)15(22)18-12-6-4-3-5-11(12)13(20)16-7-8-23-2/h3-6,10,19H,7-9H2,1-2H3,(H,16,20)(H,17,21)(H,18,22). The fourth-order valence-corrected chi connectivity index (χ4v) is 1.65. The first kappa shape index (κ1) is 18.6. The largest absolute Gasteiger partial charge is 0.392 e. The van der Waals surface area contributed by atoms with Crippen molar-refractivity contribution in [3.8, 4) is 0 Å². The van der Waals surface area contributed by atoms with Crippen LogP contribution in [0, 0.1) is 0 Å². The highest BCUT2D eigenvalue weighted by molar-refractivity contribution is 6.40. The quantitative estimate of drug-likeness (QED) is 0.399. The zero-order valence-electron chi connectivity index (χ0n) is 13.1. The van der Waals surface area contributed by atoms with Gasteiger partial charge in [-0.2, -0.15) is 0 Å². The van der Waals surface area contributed by atoms with Gasteiger partial charge in [0.05, 0.1) is 24.0 Å². The fraction of sp³-hybridized carbons (Fsp3) is 0.400. The van der Waals surface area contributed by atoms with E-state index in [2.05, 4.69) is 16.0 Å². The number of amides is 3. The highest BCUT2D eigenvalue weighted by atomic mass is 16.5. The number of hydrogen-bond donors (Lipinski definition) is 4. The first-order valence-electron chi connectivity index (χ1n) is 7.09. The van der Waals surface area contributed by atoms with Crippen molar-refractivity contribution < 1.29 is 24.2 Å². The first-order valence-corrected chi connectivity index (χ1v) is 7.09. The summed E-state index contributed by atoms with van der Waals surface area (Å²) in [5, 5.41) is 16.4. The van der Waals surface area contributed by atoms with Crippen molar-refractivity contribution >= 4 is 23.4 Å². The SMILES string of the molecule is COCCNC(=O)c1ccccc1NC(=O)C(=O)NCC(C)O. The van der Waals surface area contributed by atoms with Crippen LogP contribution in [0.4, 0.5) is 5.69 Å². The van der Waals surface area contributed by atoms with Crippen molar-refractivity contribution in [2.24, 2.45) is 0 Å². The molecule has 126 valence electrons. The number of ether oxygens (including phenoxy) is 1. The number of rotatable bonds is 7. The van der Waals surface area contributed by atoms with Crippen LogP contribution in [0.1, 0.15) is 17.3 Å². The molecule has 0 saturated carbocycles. The molecule has 1 rings (SSSR count). The number of nitrogens with one attached hydrogen (secondary N) is 3. The van der Waals surface area contributed by atoms with Crippen LogP contribution in [0.2, 0.25) is 0 Å². The minimum atomic E-state index is -0.914. The summed E-state index contributed by atoms with van der Waals surface area (Å²) in [6, 6.07) is 6.33. The van der Waals surface area contributed by atoms with E-state index in [1.165, 1.54) is 26.2 Å². The Bertz CT molecular complexity index is 560.